The minimum Gasteiger partial charge on any atom is -0.491 e. The first-order valence-electron chi connectivity index (χ1n) is 10.2. The highest BCUT2D eigenvalue weighted by Crippen LogP contribution is 2.27. The quantitative estimate of drug-likeness (QED) is 0.416. The minimum atomic E-state index is -0.215. The lowest BCUT2D eigenvalue weighted by atomic mass is 10.1. The molecule has 0 unspecified atom stereocenters. The van der Waals surface area contributed by atoms with Crippen molar-refractivity contribution in [1.29, 1.82) is 0 Å². The number of pyridine rings is 1. The number of hydrogen-bond donors (Lipinski definition) is 2. The Morgan fingerprint density at radius 3 is 2.56 bits per heavy atom. The normalized spacial score (nSPS) is 10.6. The van der Waals surface area contributed by atoms with Gasteiger partial charge in [-0.25, -0.2) is 15.0 Å². The molecule has 160 valence electrons. The van der Waals surface area contributed by atoms with E-state index in [1.165, 1.54) is 6.33 Å². The zero-order valence-corrected chi connectivity index (χ0v) is 17.8. The van der Waals surface area contributed by atoms with E-state index in [4.69, 9.17) is 4.74 Å². The fourth-order valence-corrected chi connectivity index (χ4v) is 3.16. The SMILES string of the molecule is CC(C)Oc1cccc(NC(=O)c2cccc(Nc3ncccc3-c3ccncn3)c2)c1. The molecule has 2 aromatic heterocycles. The van der Waals surface area contributed by atoms with Crippen molar-refractivity contribution in [1.82, 2.24) is 15.0 Å². The number of rotatable bonds is 7. The Morgan fingerprint density at radius 2 is 1.75 bits per heavy atom. The highest BCUT2D eigenvalue weighted by Gasteiger charge is 2.11. The number of benzene rings is 2. The maximum Gasteiger partial charge on any atom is 0.255 e. The molecular formula is C25H23N5O2. The molecule has 2 heterocycles. The Morgan fingerprint density at radius 1 is 0.906 bits per heavy atom. The lowest BCUT2D eigenvalue weighted by molar-refractivity contribution is 0.102. The molecule has 0 aliphatic heterocycles. The van der Waals surface area contributed by atoms with Crippen LogP contribution in [-0.4, -0.2) is 27.0 Å². The third-order valence-corrected chi connectivity index (χ3v) is 4.52. The molecule has 7 nitrogen and oxygen atoms in total. The van der Waals surface area contributed by atoms with E-state index in [9.17, 15) is 4.79 Å². The molecule has 0 saturated carbocycles. The van der Waals surface area contributed by atoms with Gasteiger partial charge in [-0.05, 0) is 62.4 Å². The average Bonchev–Trinajstić information content (AvgIpc) is 2.80. The predicted molar refractivity (Wildman–Crippen MR) is 125 cm³/mol. The first-order valence-corrected chi connectivity index (χ1v) is 10.2. The number of hydrogen-bond acceptors (Lipinski definition) is 6. The van der Waals surface area contributed by atoms with Crippen LogP contribution < -0.4 is 15.4 Å². The fourth-order valence-electron chi connectivity index (χ4n) is 3.16. The molecule has 0 saturated heterocycles. The summed E-state index contributed by atoms with van der Waals surface area (Å²) in [5, 5.41) is 6.21. The summed E-state index contributed by atoms with van der Waals surface area (Å²) in [6, 6.07) is 20.2. The van der Waals surface area contributed by atoms with Crippen LogP contribution in [0.1, 0.15) is 24.2 Å². The van der Waals surface area contributed by atoms with E-state index in [2.05, 4.69) is 25.6 Å². The molecule has 2 aromatic carbocycles. The van der Waals surface area contributed by atoms with Crippen molar-refractivity contribution in [3.05, 3.63) is 91.0 Å². The Bertz CT molecular complexity index is 1210. The molecule has 0 aliphatic carbocycles. The van der Waals surface area contributed by atoms with E-state index < -0.39 is 0 Å². The number of amides is 1. The van der Waals surface area contributed by atoms with Crippen LogP contribution in [0.4, 0.5) is 17.2 Å². The molecule has 0 radical (unpaired) electrons. The van der Waals surface area contributed by atoms with Gasteiger partial charge in [-0.3, -0.25) is 4.79 Å². The minimum absolute atomic E-state index is 0.0579. The molecule has 0 aliphatic rings. The van der Waals surface area contributed by atoms with E-state index >= 15 is 0 Å². The lowest BCUT2D eigenvalue weighted by Gasteiger charge is -2.13. The summed E-state index contributed by atoms with van der Waals surface area (Å²) in [6.07, 6.45) is 4.95. The van der Waals surface area contributed by atoms with Gasteiger partial charge in [0.05, 0.1) is 11.8 Å². The highest BCUT2D eigenvalue weighted by molar-refractivity contribution is 6.05. The molecule has 0 bridgehead atoms. The number of anilines is 3. The van der Waals surface area contributed by atoms with Gasteiger partial charge in [-0.1, -0.05) is 12.1 Å². The van der Waals surface area contributed by atoms with Gasteiger partial charge >= 0.3 is 0 Å². The second-order valence-corrected chi connectivity index (χ2v) is 7.35. The van der Waals surface area contributed by atoms with Crippen LogP contribution in [0.5, 0.6) is 5.75 Å². The van der Waals surface area contributed by atoms with Crippen molar-refractivity contribution in [3.63, 3.8) is 0 Å². The second-order valence-electron chi connectivity index (χ2n) is 7.35. The van der Waals surface area contributed by atoms with Crippen molar-refractivity contribution in [2.45, 2.75) is 20.0 Å². The third kappa shape index (κ3) is 5.26. The van der Waals surface area contributed by atoms with Crippen LogP contribution in [0.15, 0.2) is 85.5 Å². The summed E-state index contributed by atoms with van der Waals surface area (Å²) in [5.41, 5.74) is 3.52. The van der Waals surface area contributed by atoms with Gasteiger partial charge in [0.15, 0.2) is 0 Å². The van der Waals surface area contributed by atoms with E-state index in [1.54, 1.807) is 24.5 Å². The van der Waals surface area contributed by atoms with Crippen molar-refractivity contribution >= 4 is 23.1 Å². The molecule has 0 fully saturated rings. The van der Waals surface area contributed by atoms with Gasteiger partial charge in [-0.2, -0.15) is 0 Å². The first kappa shape index (κ1) is 21.0. The Balaban J connectivity index is 1.52. The summed E-state index contributed by atoms with van der Waals surface area (Å²) >= 11 is 0. The molecule has 0 atom stereocenters. The topological polar surface area (TPSA) is 89.0 Å². The number of carbonyl (C=O) groups excluding carboxylic acids is 1. The molecule has 1 amide bonds. The number of carbonyl (C=O) groups is 1. The number of nitrogens with one attached hydrogen (secondary N) is 2. The Kier molecular flexibility index (Phi) is 6.36. The monoisotopic (exact) mass is 425 g/mol. The van der Waals surface area contributed by atoms with Crippen LogP contribution in [0.3, 0.4) is 0 Å². The molecule has 4 aromatic rings. The number of ether oxygens (including phenoxy) is 1. The van der Waals surface area contributed by atoms with Gasteiger partial charge in [0.1, 0.15) is 17.9 Å². The maximum atomic E-state index is 12.8. The zero-order valence-electron chi connectivity index (χ0n) is 17.8. The van der Waals surface area contributed by atoms with Crippen molar-refractivity contribution in [2.75, 3.05) is 10.6 Å². The lowest BCUT2D eigenvalue weighted by Crippen LogP contribution is -2.12. The van der Waals surface area contributed by atoms with Crippen LogP contribution >= 0.6 is 0 Å². The van der Waals surface area contributed by atoms with Crippen LogP contribution in [0.25, 0.3) is 11.3 Å². The van der Waals surface area contributed by atoms with Gasteiger partial charge < -0.3 is 15.4 Å². The smallest absolute Gasteiger partial charge is 0.255 e. The first-order chi connectivity index (χ1) is 15.6. The Hall–Kier alpha value is -4.26. The molecule has 32 heavy (non-hydrogen) atoms. The molecule has 7 heteroatoms. The van der Waals surface area contributed by atoms with Crippen LogP contribution in [0, 0.1) is 0 Å². The summed E-state index contributed by atoms with van der Waals surface area (Å²) in [6.45, 7) is 3.92. The number of aromatic nitrogens is 3. The molecule has 4 rings (SSSR count). The molecular weight excluding hydrogens is 402 g/mol. The zero-order chi connectivity index (χ0) is 22.3. The maximum absolute atomic E-state index is 12.8. The van der Waals surface area contributed by atoms with E-state index in [0.29, 0.717) is 22.8 Å². The average molecular weight is 425 g/mol. The highest BCUT2D eigenvalue weighted by atomic mass is 16.5. The van der Waals surface area contributed by atoms with Crippen LogP contribution in [0.2, 0.25) is 0 Å². The van der Waals surface area contributed by atoms with Crippen molar-refractivity contribution < 1.29 is 9.53 Å². The second kappa shape index (κ2) is 9.70. The fraction of sp³-hybridized carbons (Fsp3) is 0.120. The summed E-state index contributed by atoms with van der Waals surface area (Å²) in [5.74, 6) is 1.13. The third-order valence-electron chi connectivity index (χ3n) is 4.52. The van der Waals surface area contributed by atoms with Gasteiger partial charge in [0.25, 0.3) is 5.91 Å². The predicted octanol–water partition coefficient (Wildman–Crippen LogP) is 5.32. The van der Waals surface area contributed by atoms with Gasteiger partial charge in [0, 0.05) is 41.0 Å². The Labute approximate surface area is 186 Å². The summed E-state index contributed by atoms with van der Waals surface area (Å²) in [7, 11) is 0. The van der Waals surface area contributed by atoms with Crippen molar-refractivity contribution in [2.24, 2.45) is 0 Å². The van der Waals surface area contributed by atoms with Crippen molar-refractivity contribution in [3.8, 4) is 17.0 Å². The molecule has 2 N–H and O–H groups in total. The van der Waals surface area contributed by atoms with E-state index in [1.807, 2.05) is 68.4 Å². The van der Waals surface area contributed by atoms with E-state index in [0.717, 1.165) is 16.9 Å². The van der Waals surface area contributed by atoms with Crippen LogP contribution in [-0.2, 0) is 0 Å². The molecule has 0 spiro atoms. The standard InChI is InChI=1S/C25H23N5O2/c1-17(2)32-21-9-4-8-20(15-21)30-25(31)18-6-3-7-19(14-18)29-24-22(10-5-12-27-24)23-11-13-26-16-28-23/h3-17H,1-2H3,(H,27,29)(H,30,31). The van der Waals surface area contributed by atoms with Gasteiger partial charge in [-0.15, -0.1) is 0 Å². The number of nitrogens with zero attached hydrogens (tertiary/aromatic N) is 3. The summed E-state index contributed by atoms with van der Waals surface area (Å²) < 4.78 is 5.70. The van der Waals surface area contributed by atoms with Gasteiger partial charge in [0.2, 0.25) is 0 Å². The summed E-state index contributed by atoms with van der Waals surface area (Å²) in [4.78, 5) is 25.5. The van der Waals surface area contributed by atoms with E-state index in [-0.39, 0.29) is 12.0 Å². The largest absolute Gasteiger partial charge is 0.491 e.